The van der Waals surface area contributed by atoms with E-state index < -0.39 is 0 Å². The van der Waals surface area contributed by atoms with E-state index in [1.165, 1.54) is 0 Å². The Morgan fingerprint density at radius 2 is 1.00 bits per heavy atom. The molecular formula is CoOTaZr+9. The van der Waals surface area contributed by atoms with Gasteiger partial charge < -0.3 is 5.48 Å². The summed E-state index contributed by atoms with van der Waals surface area (Å²) in [5.74, 6) is 0. The first-order valence-corrected chi connectivity index (χ1v) is 0. The van der Waals surface area contributed by atoms with Crippen LogP contribution in [0.4, 0.5) is 0 Å². The van der Waals surface area contributed by atoms with Crippen molar-refractivity contribution in [1.82, 2.24) is 0 Å². The number of hydrogen-bond acceptors (Lipinski definition) is 0. The van der Waals surface area contributed by atoms with Crippen LogP contribution in [-0.4, -0.2) is 0 Å². The van der Waals surface area contributed by atoms with E-state index in [1.807, 2.05) is 0 Å². The van der Waals surface area contributed by atoms with Crippen molar-refractivity contribution < 1.29 is 70.8 Å². The molecule has 0 spiro atoms. The van der Waals surface area contributed by atoms with Crippen LogP contribution < -0.4 is 0 Å². The van der Waals surface area contributed by atoms with Gasteiger partial charge in [-0.2, -0.15) is 0 Å². The fourth-order valence-corrected chi connectivity index (χ4v) is 0. The molecule has 0 rings (SSSR count). The molecule has 0 aliphatic rings. The maximum absolute atomic E-state index is 0. The van der Waals surface area contributed by atoms with Gasteiger partial charge >= 0.3 is 65.4 Å². The van der Waals surface area contributed by atoms with Crippen molar-refractivity contribution in [3.8, 4) is 0 Å². The van der Waals surface area contributed by atoms with Gasteiger partial charge in [-0.25, -0.2) is 0 Å². The van der Waals surface area contributed by atoms with E-state index in [4.69, 9.17) is 0 Å². The predicted molar refractivity (Wildman–Crippen MR) is 0.686 cm³/mol. The topological polar surface area (TPSA) is 28.5 Å². The third-order valence-electron chi connectivity index (χ3n) is 0. The van der Waals surface area contributed by atoms with E-state index in [9.17, 15) is 0 Å². The second kappa shape index (κ2) is 19.5. The van der Waals surface area contributed by atoms with Gasteiger partial charge in [0.25, 0.3) is 0 Å². The van der Waals surface area contributed by atoms with Crippen LogP contribution in [0.2, 0.25) is 0 Å². The fourth-order valence-electron chi connectivity index (χ4n) is 0. The van der Waals surface area contributed by atoms with Crippen molar-refractivity contribution in [2.45, 2.75) is 0 Å². The molecule has 0 fully saturated rings. The summed E-state index contributed by atoms with van der Waals surface area (Å²) in [5, 5.41) is 0. The van der Waals surface area contributed by atoms with Crippen LogP contribution in [0.15, 0.2) is 0 Å². The minimum atomic E-state index is 0. The Morgan fingerprint density at radius 1 is 1.00 bits per heavy atom. The van der Waals surface area contributed by atoms with Gasteiger partial charge in [0.1, 0.15) is 0 Å². The van der Waals surface area contributed by atoms with E-state index in [0.29, 0.717) is 0 Å². The average Bonchev–Trinajstić information content (AvgIpc) is 0. The number of hydrogen-bond donors (Lipinski definition) is 0. The second-order valence-electron chi connectivity index (χ2n) is 0. The Balaban J connectivity index is 0. The first-order chi connectivity index (χ1) is 0. The molecule has 0 aliphatic carbocycles. The summed E-state index contributed by atoms with van der Waals surface area (Å²) in [6, 6.07) is 0. The maximum Gasteiger partial charge on any atom is 5.00 e. The molecule has 4 heteroatoms. The molecule has 0 unspecified atom stereocenters. The van der Waals surface area contributed by atoms with E-state index >= 15 is 0 Å². The molecule has 0 atom stereocenters. The van der Waals surface area contributed by atoms with E-state index in [0.717, 1.165) is 0 Å². The van der Waals surface area contributed by atoms with E-state index in [1.54, 1.807) is 0 Å². The average molecular weight is 347 g/mol. The molecule has 0 aliphatic heterocycles. The first kappa shape index (κ1) is 36.1. The summed E-state index contributed by atoms with van der Waals surface area (Å²) in [4.78, 5) is 0. The summed E-state index contributed by atoms with van der Waals surface area (Å²) >= 11 is 0. The Bertz CT molecular complexity index is 8.00. The van der Waals surface area contributed by atoms with Crippen LogP contribution in [0, 0.1) is 0 Å². The van der Waals surface area contributed by atoms with Crippen molar-refractivity contribution in [1.29, 1.82) is 0 Å². The van der Waals surface area contributed by atoms with Crippen LogP contribution in [0.25, 0.3) is 0 Å². The van der Waals surface area contributed by atoms with Gasteiger partial charge in [-0.3, -0.25) is 0 Å². The third-order valence-corrected chi connectivity index (χ3v) is 0. The summed E-state index contributed by atoms with van der Waals surface area (Å²) in [6.45, 7) is 0. The summed E-state index contributed by atoms with van der Waals surface area (Å²) in [7, 11) is 0. The second-order valence-corrected chi connectivity index (χ2v) is 0. The molecule has 0 bridgehead atoms. The Labute approximate surface area is 70.1 Å². The van der Waals surface area contributed by atoms with E-state index in [2.05, 4.69) is 0 Å². The molecule has 15 valence electrons. The molecular weight excluding hydrogens is 347 g/mol. The zero-order valence-electron chi connectivity index (χ0n) is 1.69. The van der Waals surface area contributed by atoms with Gasteiger partial charge in [0.05, 0.1) is 0 Å². The first-order valence-electron chi connectivity index (χ1n) is 0. The quantitative estimate of drug-likeness (QED) is 0.585. The van der Waals surface area contributed by atoms with Gasteiger partial charge in [0.15, 0.2) is 0 Å². The monoisotopic (exact) mass is 346 g/mol. The van der Waals surface area contributed by atoms with Crippen LogP contribution >= 0.6 is 0 Å². The fraction of sp³-hybridized carbons (Fsp3) is 0. The third kappa shape index (κ3) is 8.94. The largest absolute Gasteiger partial charge is 5.00 e. The molecule has 4 heavy (non-hydrogen) atoms. The zero-order valence-corrected chi connectivity index (χ0v) is 8.40. The van der Waals surface area contributed by atoms with Crippen molar-refractivity contribution in [2.24, 2.45) is 0 Å². The molecule has 0 aromatic heterocycles. The normalized spacial score (nSPS) is 0. The maximum atomic E-state index is 0. The van der Waals surface area contributed by atoms with Gasteiger partial charge in [-0.05, 0) is 0 Å². The van der Waals surface area contributed by atoms with Crippen molar-refractivity contribution in [3.05, 3.63) is 0 Å². The molecule has 1 radical (unpaired) electrons. The Morgan fingerprint density at radius 3 is 1.00 bits per heavy atom. The van der Waals surface area contributed by atoms with Crippen LogP contribution in [-0.2, 0) is 70.8 Å². The molecule has 0 heterocycles. The summed E-state index contributed by atoms with van der Waals surface area (Å²) in [6.07, 6.45) is 0. The van der Waals surface area contributed by atoms with Gasteiger partial charge in [-0.1, -0.05) is 0 Å². The van der Waals surface area contributed by atoms with Crippen molar-refractivity contribution in [3.63, 3.8) is 0 Å². The molecule has 0 N–H and O–H groups in total. The predicted octanol–water partition coefficient (Wildman–Crippen LogP) is -0.126. The standard InChI is InChI=1S/Co.O.Ta.Zr/q+2;-2;+5;+4. The molecule has 0 amide bonds. The minimum absolute atomic E-state index is 0. The molecule has 1 nitrogen and oxygen atoms in total. The Hall–Kier alpha value is 2.09. The van der Waals surface area contributed by atoms with Gasteiger partial charge in [0.2, 0.25) is 0 Å². The SMILES string of the molecule is [Co+2].[O-2].[Ta+5].[Zr+4]. The van der Waals surface area contributed by atoms with Crippen molar-refractivity contribution >= 4 is 0 Å². The smallest absolute Gasteiger partial charge is 2.00 e. The van der Waals surface area contributed by atoms with Crippen molar-refractivity contribution in [2.75, 3.05) is 0 Å². The molecule has 0 aromatic rings. The van der Waals surface area contributed by atoms with Crippen LogP contribution in [0.1, 0.15) is 0 Å². The van der Waals surface area contributed by atoms with E-state index in [-0.39, 0.29) is 70.8 Å². The van der Waals surface area contributed by atoms with Gasteiger partial charge in [0, 0.05) is 0 Å². The summed E-state index contributed by atoms with van der Waals surface area (Å²) < 4.78 is 0. The number of rotatable bonds is 0. The molecule has 0 saturated carbocycles. The van der Waals surface area contributed by atoms with Crippen LogP contribution in [0.3, 0.4) is 0 Å². The molecule has 0 saturated heterocycles. The van der Waals surface area contributed by atoms with Gasteiger partial charge in [-0.15, -0.1) is 0 Å². The Kier molecular flexibility index (Phi) is 176. The van der Waals surface area contributed by atoms with Crippen LogP contribution in [0.5, 0.6) is 0 Å². The molecule has 0 aromatic carbocycles. The zero-order chi connectivity index (χ0) is 0. The minimum Gasteiger partial charge on any atom is -2.00 e. The summed E-state index contributed by atoms with van der Waals surface area (Å²) in [5.41, 5.74) is 0.